The first kappa shape index (κ1) is 23.9. The Kier molecular flexibility index (Phi) is 7.93. The minimum atomic E-state index is -3.52. The number of carbonyl (C=O) groups excluding carboxylic acids is 1. The fourth-order valence-corrected chi connectivity index (χ4v) is 5.47. The number of nitrogens with zero attached hydrogens (tertiary/aromatic N) is 2. The van der Waals surface area contributed by atoms with Crippen LogP contribution in [0.5, 0.6) is 0 Å². The van der Waals surface area contributed by atoms with Crippen LogP contribution in [0.15, 0.2) is 96.4 Å². The van der Waals surface area contributed by atoms with Gasteiger partial charge < -0.3 is 4.90 Å². The van der Waals surface area contributed by atoms with Crippen LogP contribution in [0, 0.1) is 5.92 Å². The normalized spacial score (nSPS) is 15.4. The van der Waals surface area contributed by atoms with E-state index in [-0.39, 0.29) is 11.8 Å². The van der Waals surface area contributed by atoms with Crippen LogP contribution in [0.3, 0.4) is 0 Å². The van der Waals surface area contributed by atoms with Gasteiger partial charge in [0.05, 0.1) is 0 Å². The molecule has 0 spiro atoms. The Morgan fingerprint density at radius 1 is 0.794 bits per heavy atom. The van der Waals surface area contributed by atoms with Crippen molar-refractivity contribution < 1.29 is 13.2 Å². The molecule has 1 aliphatic heterocycles. The molecular formula is C28H30N2O3S. The van der Waals surface area contributed by atoms with Gasteiger partial charge in [0, 0.05) is 37.5 Å². The highest BCUT2D eigenvalue weighted by molar-refractivity contribution is 7.92. The molecule has 1 aliphatic rings. The first-order valence-electron chi connectivity index (χ1n) is 11.6. The minimum Gasteiger partial charge on any atom is -0.334 e. The second kappa shape index (κ2) is 11.3. The standard InChI is InChI=1S/C28H30N2O3S/c31-28(29(22-25-12-6-2-7-13-25)23-26-14-8-3-9-15-26)27-16-19-30(20-17-27)34(32,33)21-18-24-10-4-1-5-11-24/h1-15,18,21,27H,16-17,19-20,22-23H2/b21-18+. The molecule has 3 aromatic carbocycles. The average Bonchev–Trinajstić information content (AvgIpc) is 2.89. The summed E-state index contributed by atoms with van der Waals surface area (Å²) in [4.78, 5) is 15.4. The van der Waals surface area contributed by atoms with Crippen LogP contribution in [0.4, 0.5) is 0 Å². The van der Waals surface area contributed by atoms with Gasteiger partial charge in [-0.2, -0.15) is 4.31 Å². The molecule has 0 unspecified atom stereocenters. The van der Waals surface area contributed by atoms with E-state index in [9.17, 15) is 13.2 Å². The van der Waals surface area contributed by atoms with Crippen LogP contribution in [-0.2, 0) is 27.9 Å². The van der Waals surface area contributed by atoms with Crippen LogP contribution in [-0.4, -0.2) is 36.6 Å². The van der Waals surface area contributed by atoms with E-state index >= 15 is 0 Å². The minimum absolute atomic E-state index is 0.0876. The van der Waals surface area contributed by atoms with Gasteiger partial charge >= 0.3 is 0 Å². The van der Waals surface area contributed by atoms with Crippen LogP contribution < -0.4 is 0 Å². The van der Waals surface area contributed by atoms with Crippen LogP contribution >= 0.6 is 0 Å². The molecule has 0 aliphatic carbocycles. The van der Waals surface area contributed by atoms with Crippen LogP contribution in [0.2, 0.25) is 0 Å². The zero-order valence-electron chi connectivity index (χ0n) is 19.2. The summed E-state index contributed by atoms with van der Waals surface area (Å²) < 4.78 is 27.1. The summed E-state index contributed by atoms with van der Waals surface area (Å²) in [6.45, 7) is 1.77. The molecule has 3 aromatic rings. The predicted molar refractivity (Wildman–Crippen MR) is 136 cm³/mol. The molecular weight excluding hydrogens is 444 g/mol. The van der Waals surface area contributed by atoms with E-state index in [0.717, 1.165) is 16.7 Å². The molecule has 5 nitrogen and oxygen atoms in total. The van der Waals surface area contributed by atoms with Crippen molar-refractivity contribution in [3.8, 4) is 0 Å². The molecule has 176 valence electrons. The van der Waals surface area contributed by atoms with E-state index in [1.165, 1.54) is 9.71 Å². The number of hydrogen-bond donors (Lipinski definition) is 0. The molecule has 0 saturated carbocycles. The highest BCUT2D eigenvalue weighted by atomic mass is 32.2. The summed E-state index contributed by atoms with van der Waals surface area (Å²) in [5.41, 5.74) is 3.00. The summed E-state index contributed by atoms with van der Waals surface area (Å²) in [5.74, 6) is -0.0958. The molecule has 0 aromatic heterocycles. The summed E-state index contributed by atoms with van der Waals surface area (Å²) in [7, 11) is -3.52. The summed E-state index contributed by atoms with van der Waals surface area (Å²) >= 11 is 0. The molecule has 0 radical (unpaired) electrons. The third-order valence-corrected chi connectivity index (χ3v) is 7.70. The number of benzene rings is 3. The monoisotopic (exact) mass is 474 g/mol. The zero-order chi connectivity index (χ0) is 23.8. The summed E-state index contributed by atoms with van der Waals surface area (Å²) in [6.07, 6.45) is 2.67. The second-order valence-electron chi connectivity index (χ2n) is 8.60. The smallest absolute Gasteiger partial charge is 0.236 e. The Morgan fingerprint density at radius 3 is 1.76 bits per heavy atom. The third kappa shape index (κ3) is 6.43. The average molecular weight is 475 g/mol. The van der Waals surface area contributed by atoms with Gasteiger partial charge in [0.15, 0.2) is 0 Å². The molecule has 1 saturated heterocycles. The maximum absolute atomic E-state index is 13.5. The van der Waals surface area contributed by atoms with Crippen molar-refractivity contribution in [3.63, 3.8) is 0 Å². The van der Waals surface area contributed by atoms with Crippen molar-refractivity contribution in [2.24, 2.45) is 5.92 Å². The number of rotatable bonds is 8. The highest BCUT2D eigenvalue weighted by Gasteiger charge is 2.32. The number of hydrogen-bond acceptors (Lipinski definition) is 3. The second-order valence-corrected chi connectivity index (χ2v) is 10.4. The van der Waals surface area contributed by atoms with Gasteiger partial charge in [-0.25, -0.2) is 8.42 Å². The molecule has 0 bridgehead atoms. The zero-order valence-corrected chi connectivity index (χ0v) is 20.0. The lowest BCUT2D eigenvalue weighted by Crippen LogP contribution is -2.43. The summed E-state index contributed by atoms with van der Waals surface area (Å²) in [5, 5.41) is 1.27. The van der Waals surface area contributed by atoms with Gasteiger partial charge in [0.25, 0.3) is 0 Å². The van der Waals surface area contributed by atoms with Crippen molar-refractivity contribution in [3.05, 3.63) is 113 Å². The lowest BCUT2D eigenvalue weighted by molar-refractivity contribution is -0.138. The SMILES string of the molecule is O=C(C1CCN(S(=O)(=O)/C=C/c2ccccc2)CC1)N(Cc1ccccc1)Cc1ccccc1. The highest BCUT2D eigenvalue weighted by Crippen LogP contribution is 2.24. The van der Waals surface area contributed by atoms with Crippen molar-refractivity contribution in [2.45, 2.75) is 25.9 Å². The van der Waals surface area contributed by atoms with E-state index in [4.69, 9.17) is 0 Å². The number of amides is 1. The maximum atomic E-state index is 13.5. The fraction of sp³-hybridized carbons (Fsp3) is 0.250. The molecule has 6 heteroatoms. The van der Waals surface area contributed by atoms with Crippen molar-refractivity contribution >= 4 is 22.0 Å². The van der Waals surface area contributed by atoms with E-state index in [1.54, 1.807) is 6.08 Å². The fourth-order valence-electron chi connectivity index (χ4n) is 4.25. The molecule has 0 atom stereocenters. The van der Waals surface area contributed by atoms with E-state index in [2.05, 4.69) is 0 Å². The predicted octanol–water partition coefficient (Wildman–Crippen LogP) is 4.93. The number of piperidine rings is 1. The Hall–Kier alpha value is -3.22. The molecule has 34 heavy (non-hydrogen) atoms. The lowest BCUT2D eigenvalue weighted by Gasteiger charge is -2.33. The molecule has 1 amide bonds. The molecule has 1 fully saturated rings. The van der Waals surface area contributed by atoms with Gasteiger partial charge in [0.2, 0.25) is 15.9 Å². The van der Waals surface area contributed by atoms with Gasteiger partial charge in [0.1, 0.15) is 0 Å². The quantitative estimate of drug-likeness (QED) is 0.465. The molecule has 4 rings (SSSR count). The van der Waals surface area contributed by atoms with Crippen molar-refractivity contribution in [1.82, 2.24) is 9.21 Å². The Balaban J connectivity index is 1.41. The Bertz CT molecular complexity index is 1150. The van der Waals surface area contributed by atoms with Gasteiger partial charge in [-0.05, 0) is 35.6 Å². The maximum Gasteiger partial charge on any atom is 0.236 e. The van der Waals surface area contributed by atoms with Gasteiger partial charge in [-0.15, -0.1) is 0 Å². The molecule has 1 heterocycles. The van der Waals surface area contributed by atoms with Crippen LogP contribution in [0.1, 0.15) is 29.5 Å². The number of carbonyl (C=O) groups is 1. The number of sulfonamides is 1. The largest absolute Gasteiger partial charge is 0.334 e. The van der Waals surface area contributed by atoms with Crippen molar-refractivity contribution in [2.75, 3.05) is 13.1 Å². The Morgan fingerprint density at radius 2 is 1.26 bits per heavy atom. The van der Waals surface area contributed by atoms with Gasteiger partial charge in [-0.3, -0.25) is 4.79 Å². The lowest BCUT2D eigenvalue weighted by atomic mass is 9.96. The first-order chi connectivity index (χ1) is 16.5. The molecule has 0 N–H and O–H groups in total. The first-order valence-corrected chi connectivity index (χ1v) is 13.1. The van der Waals surface area contributed by atoms with Crippen LogP contribution in [0.25, 0.3) is 6.08 Å². The Labute approximate surface area is 202 Å². The third-order valence-electron chi connectivity index (χ3n) is 6.14. The van der Waals surface area contributed by atoms with E-state index in [1.807, 2.05) is 95.9 Å². The van der Waals surface area contributed by atoms with Crippen molar-refractivity contribution in [1.29, 1.82) is 0 Å². The summed E-state index contributed by atoms with van der Waals surface area (Å²) in [6, 6.07) is 29.3. The van der Waals surface area contributed by atoms with Gasteiger partial charge in [-0.1, -0.05) is 91.0 Å². The van der Waals surface area contributed by atoms with E-state index < -0.39 is 10.0 Å². The van der Waals surface area contributed by atoms with E-state index in [0.29, 0.717) is 39.0 Å². The topological polar surface area (TPSA) is 57.7 Å².